The van der Waals surface area contributed by atoms with Gasteiger partial charge in [0, 0.05) is 18.4 Å². The summed E-state index contributed by atoms with van der Waals surface area (Å²) in [6.45, 7) is 1.43. The fraction of sp³-hybridized carbons (Fsp3) is 1.00. The minimum absolute atomic E-state index is 0.294. The standard InChI is InChI=1S/C10H17F2N/c11-10(12,8-4-5-8)9-3-1-2-6-13-7-9/h8-9,13H,1-7H2. The number of alkyl halides is 2. The van der Waals surface area contributed by atoms with E-state index in [9.17, 15) is 8.78 Å². The maximum atomic E-state index is 13.6. The van der Waals surface area contributed by atoms with Gasteiger partial charge in [-0.15, -0.1) is 0 Å². The first kappa shape index (κ1) is 9.38. The summed E-state index contributed by atoms with van der Waals surface area (Å²) in [5.41, 5.74) is 0. The molecule has 1 heterocycles. The van der Waals surface area contributed by atoms with Gasteiger partial charge in [0.1, 0.15) is 0 Å². The Kier molecular flexibility index (Phi) is 2.54. The van der Waals surface area contributed by atoms with Crippen molar-refractivity contribution >= 4 is 0 Å². The van der Waals surface area contributed by atoms with Crippen LogP contribution in [0.5, 0.6) is 0 Å². The molecule has 1 aliphatic heterocycles. The van der Waals surface area contributed by atoms with Gasteiger partial charge in [0.25, 0.3) is 5.92 Å². The molecule has 1 atom stereocenters. The van der Waals surface area contributed by atoms with Crippen LogP contribution in [0.2, 0.25) is 0 Å². The fourth-order valence-corrected chi connectivity index (χ4v) is 2.15. The molecule has 0 aromatic heterocycles. The van der Waals surface area contributed by atoms with E-state index in [1.165, 1.54) is 0 Å². The van der Waals surface area contributed by atoms with Crippen molar-refractivity contribution in [3.05, 3.63) is 0 Å². The normalized spacial score (nSPS) is 31.4. The summed E-state index contributed by atoms with van der Waals surface area (Å²) in [4.78, 5) is 0. The van der Waals surface area contributed by atoms with Crippen molar-refractivity contribution in [1.29, 1.82) is 0 Å². The molecule has 1 aliphatic carbocycles. The van der Waals surface area contributed by atoms with E-state index < -0.39 is 11.8 Å². The first-order chi connectivity index (χ1) is 6.21. The van der Waals surface area contributed by atoms with E-state index in [0.717, 1.165) is 32.2 Å². The molecule has 0 aromatic rings. The second-order valence-electron chi connectivity index (χ2n) is 4.35. The maximum Gasteiger partial charge on any atom is 0.254 e. The molecule has 0 amide bonds. The van der Waals surface area contributed by atoms with Crippen LogP contribution in [0.15, 0.2) is 0 Å². The Morgan fingerprint density at radius 1 is 1.00 bits per heavy atom. The fourth-order valence-electron chi connectivity index (χ4n) is 2.15. The zero-order valence-electron chi connectivity index (χ0n) is 7.86. The molecule has 1 saturated carbocycles. The first-order valence-electron chi connectivity index (χ1n) is 5.30. The van der Waals surface area contributed by atoms with Gasteiger partial charge in [0.15, 0.2) is 0 Å². The van der Waals surface area contributed by atoms with Crippen LogP contribution in [0, 0.1) is 11.8 Å². The average molecular weight is 189 g/mol. The lowest BCUT2D eigenvalue weighted by Gasteiger charge is -2.25. The molecule has 3 heteroatoms. The zero-order chi connectivity index (χ0) is 9.31. The number of halogens is 2. The lowest BCUT2D eigenvalue weighted by molar-refractivity contribution is -0.0791. The van der Waals surface area contributed by atoms with Crippen molar-refractivity contribution in [3.8, 4) is 0 Å². The molecule has 0 spiro atoms. The van der Waals surface area contributed by atoms with E-state index >= 15 is 0 Å². The van der Waals surface area contributed by atoms with E-state index in [4.69, 9.17) is 0 Å². The highest BCUT2D eigenvalue weighted by molar-refractivity contribution is 4.93. The Morgan fingerprint density at radius 3 is 2.46 bits per heavy atom. The molecule has 1 nitrogen and oxygen atoms in total. The van der Waals surface area contributed by atoms with Crippen LogP contribution in [0.3, 0.4) is 0 Å². The van der Waals surface area contributed by atoms with Crippen LogP contribution < -0.4 is 5.32 Å². The highest BCUT2D eigenvalue weighted by Gasteiger charge is 2.51. The van der Waals surface area contributed by atoms with Gasteiger partial charge in [-0.1, -0.05) is 6.42 Å². The van der Waals surface area contributed by atoms with Crippen LogP contribution in [-0.4, -0.2) is 19.0 Å². The number of rotatable bonds is 2. The summed E-state index contributed by atoms with van der Waals surface area (Å²) < 4.78 is 27.3. The quantitative estimate of drug-likeness (QED) is 0.703. The molecule has 13 heavy (non-hydrogen) atoms. The number of hydrogen-bond acceptors (Lipinski definition) is 1. The SMILES string of the molecule is FC(F)(C1CC1)C1CCCCNC1. The third-order valence-electron chi connectivity index (χ3n) is 3.21. The topological polar surface area (TPSA) is 12.0 Å². The Balaban J connectivity index is 1.95. The van der Waals surface area contributed by atoms with Gasteiger partial charge in [0.2, 0.25) is 0 Å². The molecule has 76 valence electrons. The maximum absolute atomic E-state index is 13.6. The van der Waals surface area contributed by atoms with Crippen molar-refractivity contribution in [3.63, 3.8) is 0 Å². The third-order valence-corrected chi connectivity index (χ3v) is 3.21. The Labute approximate surface area is 77.9 Å². The molecule has 0 radical (unpaired) electrons. The van der Waals surface area contributed by atoms with Crippen LogP contribution in [0.4, 0.5) is 8.78 Å². The highest BCUT2D eigenvalue weighted by Crippen LogP contribution is 2.48. The summed E-state index contributed by atoms with van der Waals surface area (Å²) >= 11 is 0. The molecule has 0 aromatic carbocycles. The molecule has 2 fully saturated rings. The first-order valence-corrected chi connectivity index (χ1v) is 5.30. The second kappa shape index (κ2) is 3.52. The smallest absolute Gasteiger partial charge is 0.254 e. The molecule has 1 saturated heterocycles. The lowest BCUT2D eigenvalue weighted by Crippen LogP contribution is -2.36. The molecule has 0 bridgehead atoms. The van der Waals surface area contributed by atoms with Crippen LogP contribution in [0.25, 0.3) is 0 Å². The highest BCUT2D eigenvalue weighted by atomic mass is 19.3. The minimum atomic E-state index is -2.39. The van der Waals surface area contributed by atoms with E-state index in [0.29, 0.717) is 13.0 Å². The largest absolute Gasteiger partial charge is 0.316 e. The summed E-state index contributed by atoms with van der Waals surface area (Å²) in [6, 6.07) is 0. The Bertz CT molecular complexity index is 170. The van der Waals surface area contributed by atoms with Gasteiger partial charge in [-0.25, -0.2) is 8.78 Å². The van der Waals surface area contributed by atoms with Crippen molar-refractivity contribution in [1.82, 2.24) is 5.32 Å². The van der Waals surface area contributed by atoms with E-state index in [1.54, 1.807) is 0 Å². The predicted octanol–water partition coefficient (Wildman–Crippen LogP) is 2.42. The van der Waals surface area contributed by atoms with Crippen molar-refractivity contribution < 1.29 is 8.78 Å². The van der Waals surface area contributed by atoms with Gasteiger partial charge in [-0.3, -0.25) is 0 Å². The van der Waals surface area contributed by atoms with Crippen molar-refractivity contribution in [2.45, 2.75) is 38.0 Å². The number of hydrogen-bond donors (Lipinski definition) is 1. The van der Waals surface area contributed by atoms with Crippen LogP contribution in [0.1, 0.15) is 32.1 Å². The number of nitrogens with one attached hydrogen (secondary N) is 1. The molecule has 1 unspecified atom stereocenters. The van der Waals surface area contributed by atoms with Crippen molar-refractivity contribution in [2.24, 2.45) is 11.8 Å². The average Bonchev–Trinajstić information content (AvgIpc) is 2.93. The third kappa shape index (κ3) is 2.01. The minimum Gasteiger partial charge on any atom is -0.316 e. The Hall–Kier alpha value is -0.180. The van der Waals surface area contributed by atoms with E-state index in [2.05, 4.69) is 5.32 Å². The van der Waals surface area contributed by atoms with Gasteiger partial charge in [-0.05, 0) is 32.2 Å². The van der Waals surface area contributed by atoms with Gasteiger partial charge < -0.3 is 5.32 Å². The molecule has 2 aliphatic rings. The van der Waals surface area contributed by atoms with Gasteiger partial charge in [-0.2, -0.15) is 0 Å². The predicted molar refractivity (Wildman–Crippen MR) is 47.9 cm³/mol. The molecular formula is C10H17F2N. The van der Waals surface area contributed by atoms with Crippen LogP contribution in [-0.2, 0) is 0 Å². The summed E-state index contributed by atoms with van der Waals surface area (Å²) in [5, 5.41) is 3.11. The molecule has 2 rings (SSSR count). The Morgan fingerprint density at radius 2 is 1.77 bits per heavy atom. The molecular weight excluding hydrogens is 172 g/mol. The lowest BCUT2D eigenvalue weighted by atomic mass is 9.93. The van der Waals surface area contributed by atoms with E-state index in [-0.39, 0.29) is 5.92 Å². The second-order valence-corrected chi connectivity index (χ2v) is 4.35. The summed E-state index contributed by atoms with van der Waals surface area (Å²) in [6.07, 6.45) is 4.20. The van der Waals surface area contributed by atoms with Crippen molar-refractivity contribution in [2.75, 3.05) is 13.1 Å². The summed E-state index contributed by atoms with van der Waals surface area (Å²) in [5.74, 6) is -3.09. The van der Waals surface area contributed by atoms with Crippen LogP contribution >= 0.6 is 0 Å². The van der Waals surface area contributed by atoms with Gasteiger partial charge >= 0.3 is 0 Å². The van der Waals surface area contributed by atoms with E-state index in [1.807, 2.05) is 0 Å². The van der Waals surface area contributed by atoms with Gasteiger partial charge in [0.05, 0.1) is 0 Å². The molecule has 1 N–H and O–H groups in total. The summed E-state index contributed by atoms with van der Waals surface area (Å²) in [7, 11) is 0. The monoisotopic (exact) mass is 189 g/mol. The zero-order valence-corrected chi connectivity index (χ0v) is 7.86.